The fourth-order valence-corrected chi connectivity index (χ4v) is 9.96. The van der Waals surface area contributed by atoms with Crippen LogP contribution in [0.25, 0.3) is 0 Å². The topological polar surface area (TPSA) is 158 Å². The molecule has 0 radical (unpaired) electrons. The Kier molecular flexibility index (Phi) is 11.9. The number of nitrogens with zero attached hydrogens (tertiary/aromatic N) is 6. The second-order valence-electron chi connectivity index (χ2n) is 17.6. The molecule has 3 aromatic rings. The number of piperazine rings is 1. The number of carbonyl (C=O) groups excluding carboxylic acids is 4. The summed E-state index contributed by atoms with van der Waals surface area (Å²) >= 11 is 0. The van der Waals surface area contributed by atoms with E-state index in [0.29, 0.717) is 35.8 Å². The third-order valence-corrected chi connectivity index (χ3v) is 13.2. The fourth-order valence-electron chi connectivity index (χ4n) is 9.96. The number of rotatable bonds is 13. The molecule has 0 spiro atoms. The van der Waals surface area contributed by atoms with E-state index in [4.69, 9.17) is 9.47 Å². The van der Waals surface area contributed by atoms with Gasteiger partial charge in [0.05, 0.1) is 30.8 Å². The standard InChI is InChI=1S/C45H55N7O6/c1-44(2)39(45(3,4)43(44)58-35-12-8-32(25-46)38(23-35)57-5)24-36(53)30-6-10-33(11-7-30)51-16-14-29(15-17-51)28-50-18-20-52(21-19-50)34-26-47-41(48-27-34)37(54)22-31-9-13-40(55)49-42(31)56/h6-8,10-12,23,26-27,29,31,39,43H,9,13-22,24,28H2,1-5H3,(H,49,55,56)/t31-,39?,43?/m1/s1. The highest BCUT2D eigenvalue weighted by molar-refractivity contribution is 6.02. The lowest BCUT2D eigenvalue weighted by Gasteiger charge is -2.63. The number of methoxy groups -OCH3 is 1. The van der Waals surface area contributed by atoms with E-state index < -0.39 is 11.8 Å². The Hall–Kier alpha value is -5.35. The zero-order valence-electron chi connectivity index (χ0n) is 34.3. The molecular formula is C45H55N7O6. The number of imide groups is 1. The van der Waals surface area contributed by atoms with Crippen LogP contribution in [0.2, 0.25) is 0 Å². The molecule has 1 saturated carbocycles. The highest BCUT2D eigenvalue weighted by atomic mass is 16.5. The average molecular weight is 790 g/mol. The van der Waals surface area contributed by atoms with Crippen molar-refractivity contribution in [1.29, 1.82) is 5.26 Å². The maximum absolute atomic E-state index is 13.6. The zero-order valence-corrected chi connectivity index (χ0v) is 34.3. The van der Waals surface area contributed by atoms with Gasteiger partial charge in [-0.1, -0.05) is 27.7 Å². The summed E-state index contributed by atoms with van der Waals surface area (Å²) in [6, 6.07) is 15.6. The molecule has 4 aliphatic rings. The molecule has 1 aromatic heterocycles. The van der Waals surface area contributed by atoms with Gasteiger partial charge in [0.1, 0.15) is 23.7 Å². The molecule has 1 N–H and O–H groups in total. The summed E-state index contributed by atoms with van der Waals surface area (Å²) in [5, 5.41) is 11.7. The van der Waals surface area contributed by atoms with Crippen LogP contribution in [-0.4, -0.2) is 97.3 Å². The summed E-state index contributed by atoms with van der Waals surface area (Å²) in [5.41, 5.74) is 2.79. The Balaban J connectivity index is 0.835. The number of aromatic nitrogens is 2. The molecule has 2 aromatic carbocycles. The monoisotopic (exact) mass is 789 g/mol. The minimum absolute atomic E-state index is 0.000724. The number of ether oxygens (including phenoxy) is 2. The van der Waals surface area contributed by atoms with Crippen LogP contribution in [0.5, 0.6) is 11.5 Å². The number of hydrogen-bond donors (Lipinski definition) is 1. The molecule has 1 aliphatic carbocycles. The van der Waals surface area contributed by atoms with Crippen molar-refractivity contribution in [1.82, 2.24) is 20.2 Å². The van der Waals surface area contributed by atoms with Crippen molar-refractivity contribution < 1.29 is 28.7 Å². The van der Waals surface area contributed by atoms with Gasteiger partial charge in [0.25, 0.3) is 0 Å². The maximum Gasteiger partial charge on any atom is 0.230 e. The lowest BCUT2D eigenvalue weighted by atomic mass is 9.44. The smallest absolute Gasteiger partial charge is 0.230 e. The zero-order chi connectivity index (χ0) is 41.2. The van der Waals surface area contributed by atoms with Gasteiger partial charge < -0.3 is 19.3 Å². The van der Waals surface area contributed by atoms with Gasteiger partial charge in [-0.15, -0.1) is 0 Å². The summed E-state index contributed by atoms with van der Waals surface area (Å²) in [4.78, 5) is 65.7. The van der Waals surface area contributed by atoms with Crippen LogP contribution < -0.4 is 24.6 Å². The molecular weight excluding hydrogens is 735 g/mol. The lowest BCUT2D eigenvalue weighted by Crippen LogP contribution is -2.66. The molecule has 0 unspecified atom stereocenters. The average Bonchev–Trinajstić information content (AvgIpc) is 3.23. The Morgan fingerprint density at radius 1 is 0.845 bits per heavy atom. The number of benzene rings is 2. The SMILES string of the molecule is COc1cc(OC2C(C)(C)C(CC(=O)c3ccc(N4CCC(CN5CCN(c6cnc(C(=O)C[C@H]7CCC(=O)NC7=O)nc6)CC5)CC4)cc3)C2(C)C)ccc1C#N. The van der Waals surface area contributed by atoms with Crippen LogP contribution in [0.15, 0.2) is 54.9 Å². The second kappa shape index (κ2) is 16.9. The first-order valence-electron chi connectivity index (χ1n) is 20.6. The molecule has 4 heterocycles. The van der Waals surface area contributed by atoms with E-state index in [1.54, 1.807) is 37.7 Å². The normalized spacial score (nSPS) is 23.3. The van der Waals surface area contributed by atoms with Crippen molar-refractivity contribution in [2.45, 2.75) is 72.3 Å². The van der Waals surface area contributed by atoms with Gasteiger partial charge in [0, 0.05) is 99.1 Å². The molecule has 0 bridgehead atoms. The number of carbonyl (C=O) groups is 4. The Labute approximate surface area is 341 Å². The van der Waals surface area contributed by atoms with E-state index in [9.17, 15) is 24.4 Å². The van der Waals surface area contributed by atoms with Crippen molar-refractivity contribution in [2.24, 2.45) is 28.6 Å². The number of piperidine rings is 2. The van der Waals surface area contributed by atoms with E-state index >= 15 is 0 Å². The van der Waals surface area contributed by atoms with Gasteiger partial charge in [-0.3, -0.25) is 29.4 Å². The molecule has 306 valence electrons. The summed E-state index contributed by atoms with van der Waals surface area (Å²) in [6.45, 7) is 15.3. The van der Waals surface area contributed by atoms with Crippen molar-refractivity contribution in [2.75, 3.05) is 62.7 Å². The molecule has 13 nitrogen and oxygen atoms in total. The molecule has 7 rings (SSSR count). The van der Waals surface area contributed by atoms with Crippen molar-refractivity contribution in [3.8, 4) is 17.6 Å². The van der Waals surface area contributed by atoms with Crippen LogP contribution in [0, 0.1) is 39.9 Å². The lowest BCUT2D eigenvalue weighted by molar-refractivity contribution is -0.196. The predicted molar refractivity (Wildman–Crippen MR) is 219 cm³/mol. The molecule has 1 atom stereocenters. The summed E-state index contributed by atoms with van der Waals surface area (Å²) in [7, 11) is 1.55. The Morgan fingerprint density at radius 3 is 2.12 bits per heavy atom. The molecule has 3 saturated heterocycles. The fraction of sp³-hybridized carbons (Fsp3) is 0.533. The first-order valence-corrected chi connectivity index (χ1v) is 20.6. The van der Waals surface area contributed by atoms with E-state index in [1.165, 1.54) is 0 Å². The number of ketones is 2. The van der Waals surface area contributed by atoms with Gasteiger partial charge in [-0.2, -0.15) is 5.26 Å². The van der Waals surface area contributed by atoms with Gasteiger partial charge in [0.2, 0.25) is 17.6 Å². The quantitative estimate of drug-likeness (QED) is 0.166. The summed E-state index contributed by atoms with van der Waals surface area (Å²) in [5.74, 6) is 0.654. The molecule has 4 fully saturated rings. The summed E-state index contributed by atoms with van der Waals surface area (Å²) < 4.78 is 11.9. The minimum Gasteiger partial charge on any atom is -0.495 e. The minimum atomic E-state index is -0.521. The highest BCUT2D eigenvalue weighted by Crippen LogP contribution is 2.62. The van der Waals surface area contributed by atoms with Gasteiger partial charge in [-0.25, -0.2) is 9.97 Å². The first-order chi connectivity index (χ1) is 27.8. The van der Waals surface area contributed by atoms with Crippen LogP contribution in [0.3, 0.4) is 0 Å². The molecule has 2 amide bonds. The maximum atomic E-state index is 13.6. The van der Waals surface area contributed by atoms with Crippen LogP contribution >= 0.6 is 0 Å². The number of anilines is 2. The Morgan fingerprint density at radius 2 is 1.50 bits per heavy atom. The van der Waals surface area contributed by atoms with E-state index in [0.717, 1.165) is 75.6 Å². The molecule has 13 heteroatoms. The number of nitrogens with one attached hydrogen (secondary N) is 1. The van der Waals surface area contributed by atoms with Crippen molar-refractivity contribution in [3.63, 3.8) is 0 Å². The van der Waals surface area contributed by atoms with E-state index in [-0.39, 0.29) is 59.0 Å². The number of Topliss-reactive ketones (excluding diaryl/α,β-unsaturated/α-hetero) is 2. The largest absolute Gasteiger partial charge is 0.495 e. The highest BCUT2D eigenvalue weighted by Gasteiger charge is 2.63. The van der Waals surface area contributed by atoms with Gasteiger partial charge >= 0.3 is 0 Å². The van der Waals surface area contributed by atoms with Gasteiger partial charge in [0.15, 0.2) is 11.6 Å². The third-order valence-electron chi connectivity index (χ3n) is 13.2. The molecule has 3 aliphatic heterocycles. The van der Waals surface area contributed by atoms with E-state index in [2.05, 4.69) is 75.9 Å². The predicted octanol–water partition coefficient (Wildman–Crippen LogP) is 5.72. The van der Waals surface area contributed by atoms with Crippen LogP contribution in [-0.2, 0) is 9.59 Å². The first kappa shape index (κ1) is 40.8. The third kappa shape index (κ3) is 8.58. The Bertz CT molecular complexity index is 2030. The van der Waals surface area contributed by atoms with Gasteiger partial charge in [-0.05, 0) is 67.5 Å². The molecule has 58 heavy (non-hydrogen) atoms. The number of amides is 2. The van der Waals surface area contributed by atoms with Crippen molar-refractivity contribution >= 4 is 34.8 Å². The second-order valence-corrected chi connectivity index (χ2v) is 17.6. The van der Waals surface area contributed by atoms with E-state index in [1.807, 2.05) is 12.1 Å². The summed E-state index contributed by atoms with van der Waals surface area (Å²) in [6.07, 6.45) is 6.58. The van der Waals surface area contributed by atoms with Crippen LogP contribution in [0.1, 0.15) is 92.8 Å². The van der Waals surface area contributed by atoms with Crippen molar-refractivity contribution in [3.05, 3.63) is 71.8 Å². The number of nitriles is 1. The van der Waals surface area contributed by atoms with Crippen LogP contribution in [0.4, 0.5) is 11.4 Å². The number of hydrogen-bond acceptors (Lipinski definition) is 12.